The molecule has 96 valence electrons. The maximum Gasteiger partial charge on any atom is 0.176 e. The zero-order valence-electron chi connectivity index (χ0n) is 10.4. The van der Waals surface area contributed by atoms with Crippen molar-refractivity contribution in [3.8, 4) is 0 Å². The highest BCUT2D eigenvalue weighted by molar-refractivity contribution is 5.49. The van der Waals surface area contributed by atoms with Gasteiger partial charge in [0.25, 0.3) is 0 Å². The van der Waals surface area contributed by atoms with E-state index in [0.717, 1.165) is 0 Å². The van der Waals surface area contributed by atoms with Crippen LogP contribution in [0.3, 0.4) is 0 Å². The molecule has 0 aliphatic carbocycles. The average molecular weight is 245 g/mol. The number of nitrogens with one attached hydrogen (secondary N) is 1. The van der Waals surface area contributed by atoms with Crippen LogP contribution in [0.25, 0.3) is 0 Å². The molecule has 0 fully saturated rings. The third-order valence-corrected chi connectivity index (χ3v) is 2.53. The van der Waals surface area contributed by atoms with Crippen molar-refractivity contribution < 1.29 is 18.3 Å². The lowest BCUT2D eigenvalue weighted by Gasteiger charge is -2.23. The summed E-state index contributed by atoms with van der Waals surface area (Å²) in [5, 5.41) is 2.72. The van der Waals surface area contributed by atoms with E-state index >= 15 is 0 Å². The topological polar surface area (TPSA) is 30.5 Å². The summed E-state index contributed by atoms with van der Waals surface area (Å²) in [6.07, 6.45) is -0.575. The van der Waals surface area contributed by atoms with Crippen molar-refractivity contribution in [2.75, 3.05) is 19.5 Å². The molecule has 1 aromatic carbocycles. The van der Waals surface area contributed by atoms with Crippen LogP contribution in [0.2, 0.25) is 0 Å². The first-order valence-electron chi connectivity index (χ1n) is 5.28. The molecule has 0 aliphatic heterocycles. The predicted octanol–water partition coefficient (Wildman–Crippen LogP) is 2.69. The zero-order valence-corrected chi connectivity index (χ0v) is 10.4. The molecular formula is C12H17F2NO2. The quantitative estimate of drug-likeness (QED) is 0.809. The van der Waals surface area contributed by atoms with E-state index in [1.54, 1.807) is 13.8 Å². The molecule has 1 unspecified atom stereocenters. The molecule has 0 heterocycles. The second-order valence-corrected chi connectivity index (χ2v) is 3.83. The van der Waals surface area contributed by atoms with Crippen LogP contribution in [0, 0.1) is 18.6 Å². The molecule has 17 heavy (non-hydrogen) atoms. The molecule has 0 aliphatic rings. The number of hydrogen-bond acceptors (Lipinski definition) is 3. The van der Waals surface area contributed by atoms with Gasteiger partial charge in [0, 0.05) is 14.2 Å². The van der Waals surface area contributed by atoms with E-state index in [2.05, 4.69) is 5.32 Å². The van der Waals surface area contributed by atoms with Crippen molar-refractivity contribution in [1.29, 1.82) is 0 Å². The van der Waals surface area contributed by atoms with Gasteiger partial charge in [-0.15, -0.1) is 0 Å². The number of rotatable bonds is 5. The van der Waals surface area contributed by atoms with Crippen LogP contribution < -0.4 is 5.32 Å². The Kier molecular flexibility index (Phi) is 4.84. The summed E-state index contributed by atoms with van der Waals surface area (Å²) >= 11 is 0. The minimum absolute atomic E-state index is 0.156. The lowest BCUT2D eigenvalue weighted by molar-refractivity contribution is -0.109. The average Bonchev–Trinajstić information content (AvgIpc) is 2.31. The molecule has 3 nitrogen and oxygen atoms in total. The Morgan fingerprint density at radius 3 is 2.29 bits per heavy atom. The van der Waals surface area contributed by atoms with Gasteiger partial charge in [0.05, 0.1) is 6.04 Å². The number of benzene rings is 1. The van der Waals surface area contributed by atoms with Gasteiger partial charge in [0.2, 0.25) is 0 Å². The van der Waals surface area contributed by atoms with Crippen molar-refractivity contribution >= 4 is 5.69 Å². The highest BCUT2D eigenvalue weighted by atomic mass is 19.1. The summed E-state index contributed by atoms with van der Waals surface area (Å²) in [6.45, 7) is 3.30. The number of methoxy groups -OCH3 is 2. The molecule has 0 saturated heterocycles. The third-order valence-electron chi connectivity index (χ3n) is 2.53. The lowest BCUT2D eigenvalue weighted by atomic mass is 10.2. The summed E-state index contributed by atoms with van der Waals surface area (Å²) in [5.41, 5.74) is 0.226. The van der Waals surface area contributed by atoms with Crippen LogP contribution in [0.4, 0.5) is 14.5 Å². The fraction of sp³-hybridized carbons (Fsp3) is 0.500. The van der Waals surface area contributed by atoms with E-state index in [4.69, 9.17) is 9.47 Å². The van der Waals surface area contributed by atoms with Crippen molar-refractivity contribution in [2.24, 2.45) is 0 Å². The summed E-state index contributed by atoms with van der Waals surface area (Å²) in [7, 11) is 2.94. The molecule has 0 bridgehead atoms. The monoisotopic (exact) mass is 245 g/mol. The molecule has 1 N–H and O–H groups in total. The van der Waals surface area contributed by atoms with Gasteiger partial charge in [-0.05, 0) is 25.5 Å². The Hall–Kier alpha value is -1.20. The van der Waals surface area contributed by atoms with Crippen LogP contribution in [-0.4, -0.2) is 26.6 Å². The van der Waals surface area contributed by atoms with Crippen molar-refractivity contribution in [3.05, 3.63) is 29.3 Å². The first-order chi connectivity index (χ1) is 8.01. The van der Waals surface area contributed by atoms with Gasteiger partial charge in [-0.3, -0.25) is 0 Å². The largest absolute Gasteiger partial charge is 0.373 e. The molecule has 0 spiro atoms. The van der Waals surface area contributed by atoms with Crippen molar-refractivity contribution in [2.45, 2.75) is 26.2 Å². The number of aryl methyl sites for hydroxylation is 1. The Morgan fingerprint density at radius 1 is 1.18 bits per heavy atom. The van der Waals surface area contributed by atoms with Crippen molar-refractivity contribution in [1.82, 2.24) is 0 Å². The highest BCUT2D eigenvalue weighted by Crippen LogP contribution is 2.23. The second kappa shape index (κ2) is 5.93. The summed E-state index contributed by atoms with van der Waals surface area (Å²) in [6, 6.07) is 2.24. The first-order valence-corrected chi connectivity index (χ1v) is 5.28. The van der Waals surface area contributed by atoms with Crippen LogP contribution in [0.15, 0.2) is 12.1 Å². The summed E-state index contributed by atoms with van der Waals surface area (Å²) in [4.78, 5) is 0. The fourth-order valence-electron chi connectivity index (χ4n) is 1.59. The highest BCUT2D eigenvalue weighted by Gasteiger charge is 2.19. The summed E-state index contributed by atoms with van der Waals surface area (Å²) in [5.74, 6) is -1.23. The van der Waals surface area contributed by atoms with Gasteiger partial charge < -0.3 is 14.8 Å². The fourth-order valence-corrected chi connectivity index (χ4v) is 1.59. The molecule has 1 atom stereocenters. The predicted molar refractivity (Wildman–Crippen MR) is 62.0 cm³/mol. The second-order valence-electron chi connectivity index (χ2n) is 3.83. The molecule has 0 aromatic heterocycles. The zero-order chi connectivity index (χ0) is 13.0. The van der Waals surface area contributed by atoms with E-state index < -0.39 is 17.9 Å². The molecule has 0 radical (unpaired) electrons. The van der Waals surface area contributed by atoms with E-state index in [-0.39, 0.29) is 11.7 Å². The van der Waals surface area contributed by atoms with Gasteiger partial charge in [0.15, 0.2) is 12.1 Å². The molecule has 0 amide bonds. The number of halogens is 2. The molecule has 5 heteroatoms. The number of hydrogen-bond donors (Lipinski definition) is 1. The molecule has 1 rings (SSSR count). The molecule has 0 saturated carbocycles. The van der Waals surface area contributed by atoms with E-state index in [1.165, 1.54) is 26.4 Å². The molecular weight excluding hydrogens is 228 g/mol. The maximum absolute atomic E-state index is 13.7. The maximum atomic E-state index is 13.7. The normalized spacial score (nSPS) is 12.9. The van der Waals surface area contributed by atoms with Gasteiger partial charge in [-0.25, -0.2) is 8.78 Å². The van der Waals surface area contributed by atoms with E-state index in [1.807, 2.05) is 0 Å². The van der Waals surface area contributed by atoms with Crippen LogP contribution in [0.1, 0.15) is 12.5 Å². The van der Waals surface area contributed by atoms with Crippen LogP contribution in [0.5, 0.6) is 0 Å². The Balaban J connectivity index is 2.91. The SMILES string of the molecule is COC(OC)C(C)Nc1c(F)ccc(C)c1F. The number of ether oxygens (including phenoxy) is 2. The minimum atomic E-state index is -0.633. The van der Waals surface area contributed by atoms with Crippen molar-refractivity contribution in [3.63, 3.8) is 0 Å². The van der Waals surface area contributed by atoms with E-state index in [0.29, 0.717) is 5.56 Å². The smallest absolute Gasteiger partial charge is 0.176 e. The lowest BCUT2D eigenvalue weighted by Crippen LogP contribution is -2.34. The molecule has 1 aromatic rings. The Bertz CT molecular complexity index is 381. The Labute approximate surface area is 99.7 Å². The minimum Gasteiger partial charge on any atom is -0.373 e. The van der Waals surface area contributed by atoms with Crippen LogP contribution >= 0.6 is 0 Å². The van der Waals surface area contributed by atoms with Crippen LogP contribution in [-0.2, 0) is 9.47 Å². The third kappa shape index (κ3) is 3.14. The van der Waals surface area contributed by atoms with Gasteiger partial charge in [-0.2, -0.15) is 0 Å². The summed E-state index contributed by atoms with van der Waals surface area (Å²) < 4.78 is 37.2. The van der Waals surface area contributed by atoms with Gasteiger partial charge >= 0.3 is 0 Å². The first kappa shape index (κ1) is 13.9. The van der Waals surface area contributed by atoms with E-state index in [9.17, 15) is 8.78 Å². The Morgan fingerprint density at radius 2 is 1.76 bits per heavy atom. The van der Waals surface area contributed by atoms with Gasteiger partial charge in [-0.1, -0.05) is 6.07 Å². The standard InChI is InChI=1S/C12H17F2NO2/c1-7-5-6-9(13)11(10(7)14)15-8(2)12(16-3)17-4/h5-6,8,12,15H,1-4H3. The van der Waals surface area contributed by atoms with Gasteiger partial charge in [0.1, 0.15) is 11.5 Å². The number of anilines is 1.